The molecule has 2 amide bonds. The van der Waals surface area contributed by atoms with E-state index in [1.165, 1.54) is 0 Å². The fraction of sp³-hybridized carbons (Fsp3) is 0.103. The molecule has 4 aromatic rings. The molecule has 0 bridgehead atoms. The maximum Gasteiger partial charge on any atom is 0.258 e. The Morgan fingerprint density at radius 1 is 0.886 bits per heavy atom. The van der Waals surface area contributed by atoms with Crippen molar-refractivity contribution in [2.45, 2.75) is 20.4 Å². The lowest BCUT2D eigenvalue weighted by molar-refractivity contribution is 0.0984. The van der Waals surface area contributed by atoms with Crippen molar-refractivity contribution in [3.05, 3.63) is 118 Å². The SMILES string of the molecule is Cc1cccc(C(=O)Nc2ccc(C(=O)N3Cc4cc(Cl)ccc4Oc4ccccc43)cc2)c1C. The number of hydrogen-bond donors (Lipinski definition) is 1. The van der Waals surface area contributed by atoms with Gasteiger partial charge in [0.1, 0.15) is 5.75 Å². The van der Waals surface area contributed by atoms with Crippen molar-refractivity contribution in [2.75, 3.05) is 10.2 Å². The van der Waals surface area contributed by atoms with Crippen LogP contribution < -0.4 is 15.0 Å². The molecule has 0 aromatic heterocycles. The molecular formula is C29H23ClN2O3. The Balaban J connectivity index is 1.41. The lowest BCUT2D eigenvalue weighted by Gasteiger charge is -2.22. The summed E-state index contributed by atoms with van der Waals surface area (Å²) in [5.74, 6) is 0.902. The van der Waals surface area contributed by atoms with Crippen LogP contribution in [-0.2, 0) is 6.54 Å². The van der Waals surface area contributed by atoms with E-state index in [9.17, 15) is 9.59 Å². The average molecular weight is 483 g/mol. The van der Waals surface area contributed by atoms with E-state index in [-0.39, 0.29) is 11.8 Å². The molecule has 5 nitrogen and oxygen atoms in total. The third kappa shape index (κ3) is 4.51. The molecule has 0 radical (unpaired) electrons. The minimum absolute atomic E-state index is 0.179. The Morgan fingerprint density at radius 2 is 1.66 bits per heavy atom. The number of nitrogens with zero attached hydrogens (tertiary/aromatic N) is 1. The number of rotatable bonds is 3. The van der Waals surface area contributed by atoms with Crippen molar-refractivity contribution in [1.82, 2.24) is 0 Å². The zero-order valence-corrected chi connectivity index (χ0v) is 20.1. The molecule has 5 rings (SSSR count). The van der Waals surface area contributed by atoms with E-state index < -0.39 is 0 Å². The second-order valence-electron chi connectivity index (χ2n) is 8.49. The number of halogens is 1. The van der Waals surface area contributed by atoms with Gasteiger partial charge >= 0.3 is 0 Å². The highest BCUT2D eigenvalue weighted by Gasteiger charge is 2.26. The van der Waals surface area contributed by atoms with Gasteiger partial charge < -0.3 is 15.0 Å². The van der Waals surface area contributed by atoms with Crippen molar-refractivity contribution >= 4 is 34.8 Å². The summed E-state index contributed by atoms with van der Waals surface area (Å²) in [5.41, 5.74) is 5.24. The summed E-state index contributed by atoms with van der Waals surface area (Å²) < 4.78 is 6.10. The molecule has 0 aliphatic carbocycles. The van der Waals surface area contributed by atoms with Crippen LogP contribution in [0.25, 0.3) is 0 Å². The van der Waals surface area contributed by atoms with Crippen molar-refractivity contribution in [3.8, 4) is 11.5 Å². The number of aryl methyl sites for hydroxylation is 1. The van der Waals surface area contributed by atoms with Gasteiger partial charge in [0.25, 0.3) is 11.8 Å². The van der Waals surface area contributed by atoms with Crippen LogP contribution >= 0.6 is 11.6 Å². The number of benzene rings is 4. The Labute approximate surface area is 208 Å². The molecule has 1 aliphatic rings. The van der Waals surface area contributed by atoms with Crippen molar-refractivity contribution < 1.29 is 14.3 Å². The minimum atomic E-state index is -0.183. The molecule has 1 N–H and O–H groups in total. The number of hydrogen-bond acceptors (Lipinski definition) is 3. The Hall–Kier alpha value is -4.09. The number of amides is 2. The largest absolute Gasteiger partial charge is 0.455 e. The first-order valence-corrected chi connectivity index (χ1v) is 11.6. The topological polar surface area (TPSA) is 58.6 Å². The van der Waals surface area contributed by atoms with Crippen molar-refractivity contribution in [2.24, 2.45) is 0 Å². The quantitative estimate of drug-likeness (QED) is 0.337. The number of para-hydroxylation sites is 2. The third-order valence-corrected chi connectivity index (χ3v) is 6.45. The molecule has 0 fully saturated rings. The Morgan fingerprint density at radius 3 is 2.46 bits per heavy atom. The Kier molecular flexibility index (Phi) is 6.01. The summed E-state index contributed by atoms with van der Waals surface area (Å²) in [4.78, 5) is 28.0. The van der Waals surface area contributed by atoms with Crippen LogP contribution in [0.15, 0.2) is 84.9 Å². The van der Waals surface area contributed by atoms with Gasteiger partial charge in [0.05, 0.1) is 12.2 Å². The summed E-state index contributed by atoms with van der Waals surface area (Å²) in [7, 11) is 0. The van der Waals surface area contributed by atoms with Crippen LogP contribution in [0.3, 0.4) is 0 Å². The maximum atomic E-state index is 13.6. The monoisotopic (exact) mass is 482 g/mol. The molecule has 0 spiro atoms. The van der Waals surface area contributed by atoms with Gasteiger partial charge in [0, 0.05) is 27.4 Å². The zero-order chi connectivity index (χ0) is 24.5. The summed E-state index contributed by atoms with van der Waals surface area (Å²) in [6.07, 6.45) is 0. The van der Waals surface area contributed by atoms with Gasteiger partial charge in [-0.2, -0.15) is 0 Å². The van der Waals surface area contributed by atoms with Gasteiger partial charge in [-0.05, 0) is 85.6 Å². The summed E-state index contributed by atoms with van der Waals surface area (Å²) >= 11 is 6.21. The summed E-state index contributed by atoms with van der Waals surface area (Å²) in [6.45, 7) is 4.22. The van der Waals surface area contributed by atoms with Crippen molar-refractivity contribution in [1.29, 1.82) is 0 Å². The molecule has 174 valence electrons. The molecule has 0 saturated carbocycles. The first-order valence-electron chi connectivity index (χ1n) is 11.3. The van der Waals surface area contributed by atoms with Crippen LogP contribution in [0.1, 0.15) is 37.4 Å². The molecule has 35 heavy (non-hydrogen) atoms. The fourth-order valence-corrected chi connectivity index (χ4v) is 4.33. The Bertz CT molecular complexity index is 1450. The van der Waals surface area contributed by atoms with Crippen LogP contribution in [0.5, 0.6) is 11.5 Å². The van der Waals surface area contributed by atoms with Crippen molar-refractivity contribution in [3.63, 3.8) is 0 Å². The predicted octanol–water partition coefficient (Wildman–Crippen LogP) is 7.16. The number of anilines is 2. The van der Waals surface area contributed by atoms with Gasteiger partial charge in [-0.15, -0.1) is 0 Å². The van der Waals surface area contributed by atoms with Crippen LogP contribution in [0.4, 0.5) is 11.4 Å². The average Bonchev–Trinajstić information content (AvgIpc) is 3.02. The lowest BCUT2D eigenvalue weighted by Crippen LogP contribution is -2.29. The number of carbonyl (C=O) groups excluding carboxylic acids is 2. The lowest BCUT2D eigenvalue weighted by atomic mass is 10.0. The third-order valence-electron chi connectivity index (χ3n) is 6.21. The van der Waals surface area contributed by atoms with E-state index in [2.05, 4.69) is 5.32 Å². The van der Waals surface area contributed by atoms with E-state index >= 15 is 0 Å². The van der Waals surface area contributed by atoms with Gasteiger partial charge in [-0.3, -0.25) is 9.59 Å². The van der Waals surface area contributed by atoms with Gasteiger partial charge in [0.2, 0.25) is 0 Å². The number of carbonyl (C=O) groups is 2. The second kappa shape index (κ2) is 9.28. The standard InChI is InChI=1S/C29H23ClN2O3/c1-18-6-5-7-24(19(18)2)28(33)31-23-13-10-20(11-14-23)29(34)32-17-21-16-22(30)12-15-26(21)35-27-9-4-3-8-25(27)32/h3-16H,17H2,1-2H3,(H,31,33). The van der Waals surface area contributed by atoms with E-state index in [4.69, 9.17) is 16.3 Å². The van der Waals surface area contributed by atoms with Crippen LogP contribution in [0.2, 0.25) is 5.02 Å². The zero-order valence-electron chi connectivity index (χ0n) is 19.3. The highest BCUT2D eigenvalue weighted by Crippen LogP contribution is 2.40. The second-order valence-corrected chi connectivity index (χ2v) is 8.93. The van der Waals surface area contributed by atoms with Gasteiger partial charge in [0.15, 0.2) is 5.75 Å². The smallest absolute Gasteiger partial charge is 0.258 e. The van der Waals surface area contributed by atoms with E-state index in [0.29, 0.717) is 45.6 Å². The van der Waals surface area contributed by atoms with E-state index in [1.54, 1.807) is 41.3 Å². The first kappa shape index (κ1) is 22.7. The normalized spacial score (nSPS) is 12.1. The minimum Gasteiger partial charge on any atom is -0.455 e. The highest BCUT2D eigenvalue weighted by molar-refractivity contribution is 6.30. The summed E-state index contributed by atoms with van der Waals surface area (Å²) in [5, 5.41) is 3.50. The van der Waals surface area contributed by atoms with E-state index in [1.807, 2.05) is 62.4 Å². The molecule has 4 aromatic carbocycles. The van der Waals surface area contributed by atoms with Crippen LogP contribution in [-0.4, -0.2) is 11.8 Å². The molecule has 0 atom stereocenters. The molecular weight excluding hydrogens is 460 g/mol. The highest BCUT2D eigenvalue weighted by atomic mass is 35.5. The first-order chi connectivity index (χ1) is 16.9. The molecule has 1 aliphatic heterocycles. The fourth-order valence-electron chi connectivity index (χ4n) is 4.14. The predicted molar refractivity (Wildman–Crippen MR) is 139 cm³/mol. The molecule has 0 saturated heterocycles. The van der Waals surface area contributed by atoms with Crippen LogP contribution in [0, 0.1) is 13.8 Å². The van der Waals surface area contributed by atoms with Gasteiger partial charge in [-0.25, -0.2) is 0 Å². The molecule has 0 unspecified atom stereocenters. The van der Waals surface area contributed by atoms with E-state index in [0.717, 1.165) is 16.7 Å². The number of nitrogens with one attached hydrogen (secondary N) is 1. The number of fused-ring (bicyclic) bond motifs is 2. The summed E-state index contributed by atoms with van der Waals surface area (Å²) in [6, 6.07) is 25.4. The molecule has 6 heteroatoms. The molecule has 1 heterocycles. The number of ether oxygens (including phenoxy) is 1. The maximum absolute atomic E-state index is 13.6. The van der Waals surface area contributed by atoms with Gasteiger partial charge in [-0.1, -0.05) is 35.9 Å².